The van der Waals surface area contributed by atoms with Gasteiger partial charge in [-0.15, -0.1) is 23.1 Å². The summed E-state index contributed by atoms with van der Waals surface area (Å²) in [5.74, 6) is 1.68. The number of thiophene rings is 1. The molecule has 2 aromatic carbocycles. The maximum atomic E-state index is 13.5. The van der Waals surface area contributed by atoms with E-state index in [-0.39, 0.29) is 17.2 Å². The molecule has 2 aliphatic heterocycles. The van der Waals surface area contributed by atoms with Gasteiger partial charge in [0.2, 0.25) is 0 Å². The van der Waals surface area contributed by atoms with Crippen LogP contribution in [0.25, 0.3) is 10.4 Å². The molecule has 2 amide bonds. The molecule has 1 atom stereocenters. The van der Waals surface area contributed by atoms with Gasteiger partial charge in [-0.25, -0.2) is 0 Å². The van der Waals surface area contributed by atoms with Gasteiger partial charge in [-0.2, -0.15) is 0 Å². The number of nitrogens with zero attached hydrogens (tertiary/aromatic N) is 1. The number of carbonyl (C=O) groups is 2. The number of fused-ring (bicyclic) bond motifs is 1. The van der Waals surface area contributed by atoms with Crippen LogP contribution >= 0.6 is 23.1 Å². The molecular formula is C25H24N2O4S2. The molecule has 1 fully saturated rings. The second-order valence-corrected chi connectivity index (χ2v) is 10.1. The molecule has 0 bridgehead atoms. The van der Waals surface area contributed by atoms with Gasteiger partial charge >= 0.3 is 0 Å². The van der Waals surface area contributed by atoms with Crippen molar-refractivity contribution < 1.29 is 19.1 Å². The largest absolute Gasteiger partial charge is 0.486 e. The Morgan fingerprint density at radius 2 is 1.94 bits per heavy atom. The number of benzene rings is 2. The molecule has 3 aromatic rings. The highest BCUT2D eigenvalue weighted by Crippen LogP contribution is 2.35. The van der Waals surface area contributed by atoms with Gasteiger partial charge in [-0.3, -0.25) is 9.59 Å². The Hall–Kier alpha value is -2.97. The molecule has 0 saturated carbocycles. The number of amides is 2. The molecule has 1 N–H and O–H groups in total. The van der Waals surface area contributed by atoms with Gasteiger partial charge < -0.3 is 19.7 Å². The summed E-state index contributed by atoms with van der Waals surface area (Å²) in [6, 6.07) is 15.4. The molecule has 1 saturated heterocycles. The predicted molar refractivity (Wildman–Crippen MR) is 132 cm³/mol. The second kappa shape index (κ2) is 9.49. The van der Waals surface area contributed by atoms with Crippen molar-refractivity contribution >= 4 is 34.9 Å². The number of para-hydroxylation sites is 1. The van der Waals surface area contributed by atoms with Crippen LogP contribution in [0, 0.1) is 6.92 Å². The minimum atomic E-state index is -0.228. The molecule has 0 spiro atoms. The predicted octanol–water partition coefficient (Wildman–Crippen LogP) is 4.44. The zero-order valence-corrected chi connectivity index (χ0v) is 19.8. The van der Waals surface area contributed by atoms with Crippen molar-refractivity contribution in [2.24, 2.45) is 0 Å². The minimum Gasteiger partial charge on any atom is -0.486 e. The smallest absolute Gasteiger partial charge is 0.256 e. The van der Waals surface area contributed by atoms with E-state index in [0.717, 1.165) is 21.8 Å². The Kier molecular flexibility index (Phi) is 6.28. The molecule has 0 radical (unpaired) electrons. The molecule has 1 aromatic heterocycles. The topological polar surface area (TPSA) is 67.9 Å². The van der Waals surface area contributed by atoms with E-state index in [1.165, 1.54) is 0 Å². The van der Waals surface area contributed by atoms with Crippen molar-refractivity contribution in [3.63, 3.8) is 0 Å². The summed E-state index contributed by atoms with van der Waals surface area (Å²) in [5, 5.41) is 4.83. The normalized spacial score (nSPS) is 17.1. The second-order valence-electron chi connectivity index (χ2n) is 7.90. The van der Waals surface area contributed by atoms with E-state index < -0.39 is 0 Å². The first-order valence-corrected chi connectivity index (χ1v) is 12.8. The number of carbonyl (C=O) groups excluding carboxylic acids is 2. The number of ether oxygens (including phenoxy) is 2. The van der Waals surface area contributed by atoms with Gasteiger partial charge in [-0.05, 0) is 36.1 Å². The van der Waals surface area contributed by atoms with E-state index in [1.54, 1.807) is 41.3 Å². The van der Waals surface area contributed by atoms with Crippen molar-refractivity contribution in [3.05, 3.63) is 70.6 Å². The average Bonchev–Trinajstić information content (AvgIpc) is 3.51. The Bertz CT molecular complexity index is 1190. The van der Waals surface area contributed by atoms with Crippen LogP contribution in [0.1, 0.15) is 26.3 Å². The highest BCUT2D eigenvalue weighted by Gasteiger charge is 2.32. The summed E-state index contributed by atoms with van der Waals surface area (Å²) in [4.78, 5) is 29.2. The van der Waals surface area contributed by atoms with Crippen molar-refractivity contribution in [1.29, 1.82) is 0 Å². The first-order valence-electron chi connectivity index (χ1n) is 10.9. The van der Waals surface area contributed by atoms with E-state index in [9.17, 15) is 9.59 Å². The first-order chi connectivity index (χ1) is 16.1. The zero-order valence-electron chi connectivity index (χ0n) is 18.2. The maximum absolute atomic E-state index is 13.5. The van der Waals surface area contributed by atoms with E-state index in [0.29, 0.717) is 48.9 Å². The SMILES string of the molecule is Cc1cccc(-c2sccc2C(=O)N2CCSC2CNC(=O)c2cccc3c2OCCO3)c1. The first kappa shape index (κ1) is 21.9. The quantitative estimate of drug-likeness (QED) is 0.585. The highest BCUT2D eigenvalue weighted by molar-refractivity contribution is 8.00. The van der Waals surface area contributed by atoms with E-state index in [1.807, 2.05) is 28.5 Å². The lowest BCUT2D eigenvalue weighted by Gasteiger charge is -2.25. The number of hydrogen-bond donors (Lipinski definition) is 1. The summed E-state index contributed by atoms with van der Waals surface area (Å²) < 4.78 is 11.2. The van der Waals surface area contributed by atoms with Crippen LogP contribution in [0.4, 0.5) is 0 Å². The molecule has 0 aliphatic carbocycles. The molecule has 6 nitrogen and oxygen atoms in total. The lowest BCUT2D eigenvalue weighted by Crippen LogP contribution is -2.42. The Balaban J connectivity index is 1.29. The molecule has 2 aliphatic rings. The molecule has 1 unspecified atom stereocenters. The highest BCUT2D eigenvalue weighted by atomic mass is 32.2. The summed E-state index contributed by atoms with van der Waals surface area (Å²) in [5.41, 5.74) is 3.38. The maximum Gasteiger partial charge on any atom is 0.256 e. The van der Waals surface area contributed by atoms with Crippen LogP contribution in [0.2, 0.25) is 0 Å². The lowest BCUT2D eigenvalue weighted by molar-refractivity contribution is 0.0751. The third kappa shape index (κ3) is 4.45. The van der Waals surface area contributed by atoms with Crippen LogP contribution < -0.4 is 14.8 Å². The van der Waals surface area contributed by atoms with Gasteiger partial charge in [0.05, 0.1) is 16.5 Å². The standard InChI is InChI=1S/C25H24N2O4S2/c1-16-4-2-5-17(14-16)23-19(8-12-33-23)25(29)27-9-13-32-21(27)15-26-24(28)18-6-3-7-20-22(18)31-11-10-30-20/h2-8,12,14,21H,9-11,13,15H2,1H3,(H,26,28). The van der Waals surface area contributed by atoms with Crippen LogP contribution in [-0.2, 0) is 0 Å². The number of aryl methyl sites for hydroxylation is 1. The molecule has 33 heavy (non-hydrogen) atoms. The van der Waals surface area contributed by atoms with Crippen LogP contribution in [0.3, 0.4) is 0 Å². The molecule has 170 valence electrons. The van der Waals surface area contributed by atoms with Gasteiger partial charge in [-0.1, -0.05) is 35.9 Å². The number of thioether (sulfide) groups is 1. The minimum absolute atomic E-state index is 0.00540. The summed E-state index contributed by atoms with van der Waals surface area (Å²) >= 11 is 3.26. The Labute approximate surface area is 200 Å². The number of hydrogen-bond acceptors (Lipinski definition) is 6. The lowest BCUT2D eigenvalue weighted by atomic mass is 10.1. The Morgan fingerprint density at radius 3 is 2.82 bits per heavy atom. The molecule has 5 rings (SSSR count). The van der Waals surface area contributed by atoms with Crippen LogP contribution in [0.15, 0.2) is 53.9 Å². The fourth-order valence-electron chi connectivity index (χ4n) is 4.09. The fraction of sp³-hybridized carbons (Fsp3) is 0.280. The average molecular weight is 481 g/mol. The molecule has 8 heteroatoms. The van der Waals surface area contributed by atoms with Crippen LogP contribution in [-0.4, -0.2) is 54.1 Å². The monoisotopic (exact) mass is 480 g/mol. The zero-order chi connectivity index (χ0) is 22.8. The van der Waals surface area contributed by atoms with Crippen molar-refractivity contribution in [2.45, 2.75) is 12.3 Å². The van der Waals surface area contributed by atoms with Crippen molar-refractivity contribution in [1.82, 2.24) is 10.2 Å². The summed E-state index contributed by atoms with van der Waals surface area (Å²) in [6.07, 6.45) is 0. The summed E-state index contributed by atoms with van der Waals surface area (Å²) in [6.45, 7) is 3.97. The van der Waals surface area contributed by atoms with Crippen LogP contribution in [0.5, 0.6) is 11.5 Å². The third-order valence-corrected chi connectivity index (χ3v) is 7.86. The van der Waals surface area contributed by atoms with E-state index in [4.69, 9.17) is 9.47 Å². The van der Waals surface area contributed by atoms with Gasteiger partial charge in [0.25, 0.3) is 11.8 Å². The fourth-order valence-corrected chi connectivity index (χ4v) is 6.13. The number of nitrogens with one attached hydrogen (secondary N) is 1. The Morgan fingerprint density at radius 1 is 1.09 bits per heavy atom. The third-order valence-electron chi connectivity index (χ3n) is 5.67. The van der Waals surface area contributed by atoms with Gasteiger partial charge in [0.1, 0.15) is 13.2 Å². The van der Waals surface area contributed by atoms with E-state index >= 15 is 0 Å². The molecule has 3 heterocycles. The van der Waals surface area contributed by atoms with E-state index in [2.05, 4.69) is 24.4 Å². The van der Waals surface area contributed by atoms with Gasteiger partial charge in [0.15, 0.2) is 11.5 Å². The van der Waals surface area contributed by atoms with Crippen molar-refractivity contribution in [2.75, 3.05) is 32.1 Å². The van der Waals surface area contributed by atoms with Crippen molar-refractivity contribution in [3.8, 4) is 21.9 Å². The number of rotatable bonds is 5. The molecular weight excluding hydrogens is 456 g/mol. The summed E-state index contributed by atoms with van der Waals surface area (Å²) in [7, 11) is 0. The van der Waals surface area contributed by atoms with Gasteiger partial charge in [0, 0.05) is 23.7 Å².